The highest BCUT2D eigenvalue weighted by Crippen LogP contribution is 2.19. The number of aromatic amines is 1. The number of pyridine rings is 1. The van der Waals surface area contributed by atoms with Crippen LogP contribution in [0.3, 0.4) is 0 Å². The van der Waals surface area contributed by atoms with Crippen LogP contribution in [-0.4, -0.2) is 20.2 Å². The molecule has 0 saturated carbocycles. The Kier molecular flexibility index (Phi) is 3.26. The summed E-state index contributed by atoms with van der Waals surface area (Å²) in [7, 11) is 0. The number of hydrogen-bond donors (Lipinski definition) is 2. The summed E-state index contributed by atoms with van der Waals surface area (Å²) in [5.74, 6) is 1.25. The number of nitrogens with two attached hydrogens (primary N) is 1. The van der Waals surface area contributed by atoms with Crippen molar-refractivity contribution in [1.29, 1.82) is 0 Å². The zero-order valence-electron chi connectivity index (χ0n) is 11.1. The highest BCUT2D eigenvalue weighted by atomic mass is 15.2. The lowest BCUT2D eigenvalue weighted by molar-refractivity contribution is 0.787. The van der Waals surface area contributed by atoms with E-state index in [-0.39, 0.29) is 6.04 Å². The summed E-state index contributed by atoms with van der Waals surface area (Å²) in [5, 5.41) is 7.10. The van der Waals surface area contributed by atoms with Crippen molar-refractivity contribution in [3.05, 3.63) is 65.7 Å². The highest BCUT2D eigenvalue weighted by Gasteiger charge is 2.14. The van der Waals surface area contributed by atoms with Gasteiger partial charge in [0.25, 0.3) is 0 Å². The molecule has 0 saturated heterocycles. The molecule has 3 aromatic rings. The third kappa shape index (κ3) is 2.44. The Hall–Kier alpha value is -2.53. The van der Waals surface area contributed by atoms with Gasteiger partial charge in [0.05, 0.1) is 6.04 Å². The van der Waals surface area contributed by atoms with Crippen molar-refractivity contribution in [2.24, 2.45) is 5.73 Å². The molecule has 0 radical (unpaired) electrons. The zero-order valence-corrected chi connectivity index (χ0v) is 11.1. The van der Waals surface area contributed by atoms with Gasteiger partial charge < -0.3 is 5.73 Å². The Labute approximate surface area is 116 Å². The number of hydrogen-bond acceptors (Lipinski definition) is 4. The van der Waals surface area contributed by atoms with E-state index in [1.807, 2.05) is 43.3 Å². The molecule has 1 aromatic carbocycles. The predicted molar refractivity (Wildman–Crippen MR) is 76.8 cm³/mol. The molecule has 3 rings (SSSR count). The lowest BCUT2D eigenvalue weighted by atomic mass is 10.1. The summed E-state index contributed by atoms with van der Waals surface area (Å²) in [6, 6.07) is 11.5. The standard InChI is InChI=1S/C15H15N5/c1-10-4-6-11(7-5-10)13(16)15-18-14(19-20-15)12-3-2-8-17-9-12/h2-9,13H,16H2,1H3,(H,18,19,20)/t13-/m0/s1. The molecule has 1 atom stereocenters. The van der Waals surface area contributed by atoms with Crippen LogP contribution in [0.1, 0.15) is 23.0 Å². The molecule has 0 fully saturated rings. The summed E-state index contributed by atoms with van der Waals surface area (Å²) in [6.07, 6.45) is 3.44. The summed E-state index contributed by atoms with van der Waals surface area (Å²) < 4.78 is 0. The Morgan fingerprint density at radius 2 is 1.95 bits per heavy atom. The monoisotopic (exact) mass is 265 g/mol. The van der Waals surface area contributed by atoms with Gasteiger partial charge in [-0.15, -0.1) is 0 Å². The van der Waals surface area contributed by atoms with Crippen molar-refractivity contribution in [2.75, 3.05) is 0 Å². The minimum atomic E-state index is -0.312. The van der Waals surface area contributed by atoms with Gasteiger partial charge in [0.1, 0.15) is 5.82 Å². The number of aryl methyl sites for hydroxylation is 1. The van der Waals surface area contributed by atoms with E-state index in [0.717, 1.165) is 11.1 Å². The van der Waals surface area contributed by atoms with Crippen LogP contribution in [0, 0.1) is 6.92 Å². The third-order valence-electron chi connectivity index (χ3n) is 3.15. The van der Waals surface area contributed by atoms with Crippen LogP contribution in [0.25, 0.3) is 11.4 Å². The quantitative estimate of drug-likeness (QED) is 0.761. The maximum absolute atomic E-state index is 6.21. The molecule has 0 aliphatic rings. The first-order chi connectivity index (χ1) is 9.74. The maximum atomic E-state index is 6.21. The first-order valence-electron chi connectivity index (χ1n) is 6.39. The van der Waals surface area contributed by atoms with Crippen LogP contribution in [-0.2, 0) is 0 Å². The van der Waals surface area contributed by atoms with Gasteiger partial charge in [0.15, 0.2) is 5.82 Å². The largest absolute Gasteiger partial charge is 0.318 e. The first-order valence-corrected chi connectivity index (χ1v) is 6.39. The molecule has 100 valence electrons. The minimum Gasteiger partial charge on any atom is -0.318 e. The molecule has 20 heavy (non-hydrogen) atoms. The molecule has 0 spiro atoms. The molecule has 2 heterocycles. The fourth-order valence-corrected chi connectivity index (χ4v) is 1.97. The summed E-state index contributed by atoms with van der Waals surface area (Å²) in [4.78, 5) is 8.51. The fraction of sp³-hybridized carbons (Fsp3) is 0.133. The molecule has 0 unspecified atom stereocenters. The van der Waals surface area contributed by atoms with E-state index >= 15 is 0 Å². The number of nitrogens with one attached hydrogen (secondary N) is 1. The van der Waals surface area contributed by atoms with E-state index < -0.39 is 0 Å². The van der Waals surface area contributed by atoms with Gasteiger partial charge in [-0.25, -0.2) is 4.98 Å². The summed E-state index contributed by atoms with van der Waals surface area (Å²) in [5.41, 5.74) is 9.28. The van der Waals surface area contributed by atoms with Crippen molar-refractivity contribution in [1.82, 2.24) is 20.2 Å². The molecule has 5 nitrogen and oxygen atoms in total. The smallest absolute Gasteiger partial charge is 0.182 e. The van der Waals surface area contributed by atoms with Crippen LogP contribution in [0.5, 0.6) is 0 Å². The Morgan fingerprint density at radius 3 is 2.65 bits per heavy atom. The number of aromatic nitrogens is 4. The second kappa shape index (κ2) is 5.22. The summed E-state index contributed by atoms with van der Waals surface area (Å²) in [6.45, 7) is 2.05. The van der Waals surface area contributed by atoms with Gasteiger partial charge in [-0.05, 0) is 24.6 Å². The van der Waals surface area contributed by atoms with Gasteiger partial charge in [0.2, 0.25) is 0 Å². The van der Waals surface area contributed by atoms with Gasteiger partial charge in [-0.3, -0.25) is 10.1 Å². The van der Waals surface area contributed by atoms with E-state index in [2.05, 4.69) is 20.2 Å². The molecule has 3 N–H and O–H groups in total. The van der Waals surface area contributed by atoms with E-state index in [9.17, 15) is 0 Å². The topological polar surface area (TPSA) is 80.5 Å². The maximum Gasteiger partial charge on any atom is 0.182 e. The molecule has 2 aromatic heterocycles. The normalized spacial score (nSPS) is 12.3. The van der Waals surface area contributed by atoms with Crippen molar-refractivity contribution >= 4 is 0 Å². The average molecular weight is 265 g/mol. The first kappa shape index (κ1) is 12.5. The number of benzene rings is 1. The molecule has 0 amide bonds. The molecule has 0 aliphatic heterocycles. The van der Waals surface area contributed by atoms with Gasteiger partial charge in [-0.2, -0.15) is 5.10 Å². The van der Waals surface area contributed by atoms with Crippen molar-refractivity contribution in [3.63, 3.8) is 0 Å². The van der Waals surface area contributed by atoms with Crippen LogP contribution in [0.15, 0.2) is 48.8 Å². The van der Waals surface area contributed by atoms with Crippen LogP contribution >= 0.6 is 0 Å². The van der Waals surface area contributed by atoms with Crippen LogP contribution in [0.2, 0.25) is 0 Å². The number of nitrogens with zero attached hydrogens (tertiary/aromatic N) is 3. The predicted octanol–water partition coefficient (Wildman–Crippen LogP) is 2.22. The molecular formula is C15H15N5. The van der Waals surface area contributed by atoms with Gasteiger partial charge in [0, 0.05) is 18.0 Å². The zero-order chi connectivity index (χ0) is 13.9. The van der Waals surface area contributed by atoms with E-state index in [4.69, 9.17) is 5.73 Å². The van der Waals surface area contributed by atoms with Crippen molar-refractivity contribution in [3.8, 4) is 11.4 Å². The van der Waals surface area contributed by atoms with Crippen molar-refractivity contribution < 1.29 is 0 Å². The second-order valence-electron chi connectivity index (χ2n) is 4.67. The highest BCUT2D eigenvalue weighted by molar-refractivity contribution is 5.52. The summed E-state index contributed by atoms with van der Waals surface area (Å²) >= 11 is 0. The fourth-order valence-electron chi connectivity index (χ4n) is 1.97. The Bertz CT molecular complexity index is 688. The molecule has 0 bridgehead atoms. The van der Waals surface area contributed by atoms with E-state index in [0.29, 0.717) is 11.6 Å². The SMILES string of the molecule is Cc1ccc([C@H](N)c2nc(-c3cccnc3)n[nH]2)cc1. The second-order valence-corrected chi connectivity index (χ2v) is 4.67. The van der Waals surface area contributed by atoms with Crippen LogP contribution < -0.4 is 5.73 Å². The van der Waals surface area contributed by atoms with Crippen molar-refractivity contribution in [2.45, 2.75) is 13.0 Å². The third-order valence-corrected chi connectivity index (χ3v) is 3.15. The van der Waals surface area contributed by atoms with Gasteiger partial charge in [-0.1, -0.05) is 29.8 Å². The van der Waals surface area contributed by atoms with Gasteiger partial charge >= 0.3 is 0 Å². The Balaban J connectivity index is 1.88. The number of rotatable bonds is 3. The molecule has 5 heteroatoms. The van der Waals surface area contributed by atoms with E-state index in [1.54, 1.807) is 12.4 Å². The lowest BCUT2D eigenvalue weighted by Gasteiger charge is -2.08. The Morgan fingerprint density at radius 1 is 1.15 bits per heavy atom. The van der Waals surface area contributed by atoms with E-state index in [1.165, 1.54) is 5.56 Å². The number of H-pyrrole nitrogens is 1. The lowest BCUT2D eigenvalue weighted by Crippen LogP contribution is -2.13. The molecule has 0 aliphatic carbocycles. The molecular weight excluding hydrogens is 250 g/mol. The van der Waals surface area contributed by atoms with Crippen LogP contribution in [0.4, 0.5) is 0 Å². The average Bonchev–Trinajstić information content (AvgIpc) is 2.98. The minimum absolute atomic E-state index is 0.312.